The Morgan fingerprint density at radius 3 is 2.52 bits per heavy atom. The van der Waals surface area contributed by atoms with Crippen LogP contribution in [0.25, 0.3) is 0 Å². The van der Waals surface area contributed by atoms with Crippen molar-refractivity contribution in [1.29, 1.82) is 0 Å². The number of rotatable bonds is 6. The molecule has 4 nitrogen and oxygen atoms in total. The smallest absolute Gasteiger partial charge is 0.338 e. The second-order valence-corrected chi connectivity index (χ2v) is 7.30. The van der Waals surface area contributed by atoms with Gasteiger partial charge in [0, 0.05) is 4.88 Å². The Kier molecular flexibility index (Phi) is 6.04. The predicted molar refractivity (Wildman–Crippen MR) is 107 cm³/mol. The van der Waals surface area contributed by atoms with Gasteiger partial charge in [-0.15, -0.1) is 11.3 Å². The Bertz CT molecular complexity index is 920. The average molecular weight is 379 g/mol. The number of amides is 1. The molecule has 1 aromatic heterocycles. The molecule has 0 bridgehead atoms. The molecule has 0 fully saturated rings. The summed E-state index contributed by atoms with van der Waals surface area (Å²) in [5, 5.41) is 4.93. The lowest BCUT2D eigenvalue weighted by Gasteiger charge is -2.18. The van der Waals surface area contributed by atoms with Crippen molar-refractivity contribution in [2.75, 3.05) is 6.61 Å². The highest BCUT2D eigenvalue weighted by atomic mass is 32.1. The van der Waals surface area contributed by atoms with E-state index in [1.165, 1.54) is 0 Å². The number of esters is 1. The third-order valence-electron chi connectivity index (χ3n) is 4.21. The molecule has 0 aliphatic heterocycles. The van der Waals surface area contributed by atoms with Gasteiger partial charge < -0.3 is 10.1 Å². The first-order chi connectivity index (χ1) is 13.0. The molecule has 1 amide bonds. The first-order valence-corrected chi connectivity index (χ1v) is 9.54. The van der Waals surface area contributed by atoms with Crippen molar-refractivity contribution in [3.05, 3.63) is 93.2 Å². The van der Waals surface area contributed by atoms with Gasteiger partial charge in [-0.2, -0.15) is 0 Å². The van der Waals surface area contributed by atoms with Gasteiger partial charge in [0.05, 0.1) is 11.6 Å². The number of carbonyl (C=O) groups excluding carboxylic acids is 2. The molecule has 3 rings (SSSR count). The lowest BCUT2D eigenvalue weighted by Crippen LogP contribution is -2.32. The molecule has 0 aliphatic carbocycles. The maximum absolute atomic E-state index is 12.4. The van der Waals surface area contributed by atoms with Gasteiger partial charge in [-0.3, -0.25) is 4.79 Å². The van der Waals surface area contributed by atoms with Crippen molar-refractivity contribution >= 4 is 23.2 Å². The number of benzene rings is 2. The fourth-order valence-electron chi connectivity index (χ4n) is 2.79. The zero-order valence-corrected chi connectivity index (χ0v) is 16.1. The molecule has 2 aromatic carbocycles. The molecule has 138 valence electrons. The van der Waals surface area contributed by atoms with Gasteiger partial charge in [-0.05, 0) is 42.5 Å². The van der Waals surface area contributed by atoms with Gasteiger partial charge in [0.1, 0.15) is 0 Å². The molecular weight excluding hydrogens is 358 g/mol. The van der Waals surface area contributed by atoms with E-state index >= 15 is 0 Å². The van der Waals surface area contributed by atoms with Crippen LogP contribution in [0.2, 0.25) is 0 Å². The number of hydrogen-bond acceptors (Lipinski definition) is 4. The number of aryl methyl sites for hydroxylation is 2. The van der Waals surface area contributed by atoms with Gasteiger partial charge in [-0.1, -0.05) is 54.1 Å². The number of ether oxygens (including phenoxy) is 1. The zero-order chi connectivity index (χ0) is 19.2. The van der Waals surface area contributed by atoms with Crippen molar-refractivity contribution < 1.29 is 14.3 Å². The average Bonchev–Trinajstić information content (AvgIpc) is 3.21. The first kappa shape index (κ1) is 18.9. The number of thiophene rings is 1. The van der Waals surface area contributed by atoms with E-state index in [1.807, 2.05) is 73.8 Å². The number of hydrogen-bond donors (Lipinski definition) is 1. The summed E-state index contributed by atoms with van der Waals surface area (Å²) in [6.45, 7) is 3.44. The summed E-state index contributed by atoms with van der Waals surface area (Å²) in [7, 11) is 0. The lowest BCUT2D eigenvalue weighted by molar-refractivity contribution is -0.124. The summed E-state index contributed by atoms with van der Waals surface area (Å²) in [6, 6.07) is 19.0. The Hall–Kier alpha value is -2.92. The van der Waals surface area contributed by atoms with Crippen LogP contribution in [0, 0.1) is 13.8 Å². The van der Waals surface area contributed by atoms with Crippen molar-refractivity contribution in [2.24, 2.45) is 0 Å². The predicted octanol–water partition coefficient (Wildman–Crippen LogP) is 4.43. The molecule has 1 heterocycles. The van der Waals surface area contributed by atoms with Crippen LogP contribution in [0.1, 0.15) is 38.0 Å². The van der Waals surface area contributed by atoms with Crippen LogP contribution in [0.5, 0.6) is 0 Å². The van der Waals surface area contributed by atoms with E-state index in [9.17, 15) is 9.59 Å². The SMILES string of the molecule is Cc1ccc(C)c(C(=O)OCC(=O)N[C@@H](c2ccccc2)c2cccs2)c1. The molecule has 0 radical (unpaired) electrons. The quantitative estimate of drug-likeness (QED) is 0.645. The van der Waals surface area contributed by atoms with Gasteiger partial charge in [0.2, 0.25) is 0 Å². The largest absolute Gasteiger partial charge is 0.452 e. The Morgan fingerprint density at radius 2 is 1.81 bits per heavy atom. The van der Waals surface area contributed by atoms with Crippen LogP contribution in [0.3, 0.4) is 0 Å². The normalized spacial score (nSPS) is 11.6. The monoisotopic (exact) mass is 379 g/mol. The summed E-state index contributed by atoms with van der Waals surface area (Å²) < 4.78 is 5.23. The van der Waals surface area contributed by atoms with E-state index in [0.717, 1.165) is 21.6 Å². The standard InChI is InChI=1S/C22H21NO3S/c1-15-10-11-16(2)18(13-15)22(25)26-14-20(24)23-21(19-9-6-12-27-19)17-7-4-3-5-8-17/h3-13,21H,14H2,1-2H3,(H,23,24)/t21-/m0/s1. The highest BCUT2D eigenvalue weighted by Crippen LogP contribution is 2.25. The third kappa shape index (κ3) is 4.83. The summed E-state index contributed by atoms with van der Waals surface area (Å²) >= 11 is 1.57. The van der Waals surface area contributed by atoms with Crippen LogP contribution < -0.4 is 5.32 Å². The van der Waals surface area contributed by atoms with Crippen LogP contribution in [0.15, 0.2) is 66.0 Å². The van der Waals surface area contributed by atoms with Crippen LogP contribution in [0.4, 0.5) is 0 Å². The molecule has 5 heteroatoms. The maximum atomic E-state index is 12.4. The van der Waals surface area contributed by atoms with Crippen molar-refractivity contribution in [3.8, 4) is 0 Å². The maximum Gasteiger partial charge on any atom is 0.338 e. The molecule has 0 saturated carbocycles. The van der Waals surface area contributed by atoms with Crippen LogP contribution >= 0.6 is 11.3 Å². The highest BCUT2D eigenvalue weighted by Gasteiger charge is 2.19. The molecule has 1 N–H and O–H groups in total. The van der Waals surface area contributed by atoms with E-state index in [0.29, 0.717) is 5.56 Å². The van der Waals surface area contributed by atoms with Gasteiger partial charge in [-0.25, -0.2) is 4.79 Å². The van der Waals surface area contributed by atoms with Gasteiger partial charge in [0.25, 0.3) is 5.91 Å². The minimum absolute atomic E-state index is 0.266. The van der Waals surface area contributed by atoms with Crippen molar-refractivity contribution in [3.63, 3.8) is 0 Å². The highest BCUT2D eigenvalue weighted by molar-refractivity contribution is 7.10. The lowest BCUT2D eigenvalue weighted by atomic mass is 10.1. The molecule has 0 unspecified atom stereocenters. The van der Waals surface area contributed by atoms with E-state index in [4.69, 9.17) is 4.74 Å². The van der Waals surface area contributed by atoms with Crippen LogP contribution in [-0.2, 0) is 9.53 Å². The Balaban J connectivity index is 1.66. The topological polar surface area (TPSA) is 55.4 Å². The summed E-state index contributed by atoms with van der Waals surface area (Å²) in [6.07, 6.45) is 0. The molecule has 0 spiro atoms. The third-order valence-corrected chi connectivity index (χ3v) is 5.15. The molecule has 27 heavy (non-hydrogen) atoms. The first-order valence-electron chi connectivity index (χ1n) is 8.66. The fraction of sp³-hybridized carbons (Fsp3) is 0.182. The Morgan fingerprint density at radius 1 is 1.04 bits per heavy atom. The number of nitrogens with one attached hydrogen (secondary N) is 1. The second kappa shape index (κ2) is 8.64. The van der Waals surface area contributed by atoms with E-state index in [1.54, 1.807) is 17.4 Å². The van der Waals surface area contributed by atoms with E-state index in [2.05, 4.69) is 5.32 Å². The minimum Gasteiger partial charge on any atom is -0.452 e. The van der Waals surface area contributed by atoms with Gasteiger partial charge >= 0.3 is 5.97 Å². The number of carbonyl (C=O) groups is 2. The second-order valence-electron chi connectivity index (χ2n) is 6.32. The molecule has 3 aromatic rings. The Labute approximate surface area is 162 Å². The van der Waals surface area contributed by atoms with Crippen LogP contribution in [-0.4, -0.2) is 18.5 Å². The molecule has 0 aliphatic rings. The summed E-state index contributed by atoms with van der Waals surface area (Å²) in [5.41, 5.74) is 3.26. The van der Waals surface area contributed by atoms with Crippen molar-refractivity contribution in [2.45, 2.75) is 19.9 Å². The van der Waals surface area contributed by atoms with Gasteiger partial charge in [0.15, 0.2) is 6.61 Å². The molecule has 1 atom stereocenters. The molecular formula is C22H21NO3S. The molecule has 0 saturated heterocycles. The fourth-order valence-corrected chi connectivity index (χ4v) is 3.59. The summed E-state index contributed by atoms with van der Waals surface area (Å²) in [5.74, 6) is -0.824. The zero-order valence-electron chi connectivity index (χ0n) is 15.3. The van der Waals surface area contributed by atoms with E-state index < -0.39 is 5.97 Å². The van der Waals surface area contributed by atoms with E-state index in [-0.39, 0.29) is 18.6 Å². The summed E-state index contributed by atoms with van der Waals surface area (Å²) in [4.78, 5) is 25.8. The minimum atomic E-state index is -0.487. The van der Waals surface area contributed by atoms with Crippen molar-refractivity contribution in [1.82, 2.24) is 5.32 Å².